The van der Waals surface area contributed by atoms with Crippen LogP contribution in [0, 0.1) is 11.8 Å². The number of piperazine rings is 1. The molecule has 8 heteroatoms. The lowest BCUT2D eigenvalue weighted by Crippen LogP contribution is -2.62. The Hall–Kier alpha value is -2.54. The average Bonchev–Trinajstić information content (AvgIpc) is 2.76. The van der Waals surface area contributed by atoms with E-state index in [-0.39, 0.29) is 42.3 Å². The monoisotopic (exact) mass is 430 g/mol. The van der Waals surface area contributed by atoms with Crippen LogP contribution in [0.25, 0.3) is 0 Å². The number of hydrogen-bond acceptors (Lipinski definition) is 4. The molecule has 3 aliphatic rings. The summed E-state index contributed by atoms with van der Waals surface area (Å²) in [6.45, 7) is 6.67. The summed E-state index contributed by atoms with van der Waals surface area (Å²) in [5.74, 6) is -0.409. The molecule has 0 spiro atoms. The van der Waals surface area contributed by atoms with E-state index in [0.717, 1.165) is 18.8 Å². The summed E-state index contributed by atoms with van der Waals surface area (Å²) in [6, 6.07) is 7.11. The standard InChI is InChI=1S/C22H27ClN4O3/c1-2-8-27-21(29)18-7-6-15(13-19(18)24-22(27)30)20(28)26-11-9-25(10-12-26)17-5-3-4-16(23)14-17/h2-5,14-15,18-19H,1,6-13H2,(H,24,30). The van der Waals surface area contributed by atoms with Gasteiger partial charge < -0.3 is 15.1 Å². The Morgan fingerprint density at radius 2 is 1.97 bits per heavy atom. The van der Waals surface area contributed by atoms with Gasteiger partial charge in [-0.1, -0.05) is 23.7 Å². The van der Waals surface area contributed by atoms with Gasteiger partial charge in [-0.25, -0.2) is 4.79 Å². The molecule has 3 fully saturated rings. The van der Waals surface area contributed by atoms with Crippen molar-refractivity contribution < 1.29 is 14.4 Å². The molecule has 1 aromatic rings. The fraction of sp³-hybridized carbons (Fsp3) is 0.500. The highest BCUT2D eigenvalue weighted by Gasteiger charge is 2.45. The van der Waals surface area contributed by atoms with Gasteiger partial charge in [-0.05, 0) is 37.5 Å². The number of fused-ring (bicyclic) bond motifs is 1. The predicted octanol–water partition coefficient (Wildman–Crippen LogP) is 2.51. The number of rotatable bonds is 4. The summed E-state index contributed by atoms with van der Waals surface area (Å²) >= 11 is 6.09. The molecule has 3 atom stereocenters. The van der Waals surface area contributed by atoms with Gasteiger partial charge in [0.15, 0.2) is 0 Å². The fourth-order valence-electron chi connectivity index (χ4n) is 4.80. The van der Waals surface area contributed by atoms with Gasteiger partial charge in [-0.2, -0.15) is 0 Å². The molecule has 2 saturated heterocycles. The van der Waals surface area contributed by atoms with Gasteiger partial charge in [-0.15, -0.1) is 6.58 Å². The van der Waals surface area contributed by atoms with Gasteiger partial charge in [0.1, 0.15) is 0 Å². The average molecular weight is 431 g/mol. The SMILES string of the molecule is C=CCN1C(=O)NC2CC(C(=O)N3CCN(c4cccc(Cl)c4)CC3)CCC2C1=O. The number of amides is 4. The van der Waals surface area contributed by atoms with Gasteiger partial charge in [0, 0.05) is 55.4 Å². The van der Waals surface area contributed by atoms with E-state index in [0.29, 0.717) is 37.4 Å². The van der Waals surface area contributed by atoms with E-state index in [1.54, 1.807) is 6.08 Å². The summed E-state index contributed by atoms with van der Waals surface area (Å²) in [6.07, 6.45) is 3.38. The summed E-state index contributed by atoms with van der Waals surface area (Å²) in [5, 5.41) is 3.64. The van der Waals surface area contributed by atoms with Crippen LogP contribution in [0.1, 0.15) is 19.3 Å². The molecule has 160 valence electrons. The number of carbonyl (C=O) groups is 3. The molecule has 0 aromatic heterocycles. The van der Waals surface area contributed by atoms with Crippen LogP contribution in [0.2, 0.25) is 5.02 Å². The topological polar surface area (TPSA) is 73.0 Å². The smallest absolute Gasteiger partial charge is 0.324 e. The molecule has 2 heterocycles. The molecule has 1 aliphatic carbocycles. The Kier molecular flexibility index (Phi) is 5.99. The molecule has 1 aromatic carbocycles. The molecule has 1 saturated carbocycles. The van der Waals surface area contributed by atoms with Gasteiger partial charge in [0.2, 0.25) is 11.8 Å². The molecule has 0 radical (unpaired) electrons. The van der Waals surface area contributed by atoms with Crippen LogP contribution in [0.5, 0.6) is 0 Å². The first-order valence-electron chi connectivity index (χ1n) is 10.5. The summed E-state index contributed by atoms with van der Waals surface area (Å²) < 4.78 is 0. The molecule has 7 nitrogen and oxygen atoms in total. The Morgan fingerprint density at radius 3 is 2.67 bits per heavy atom. The number of benzene rings is 1. The molecular formula is C22H27ClN4O3. The lowest BCUT2D eigenvalue weighted by molar-refractivity contribution is -0.142. The number of imide groups is 1. The largest absolute Gasteiger partial charge is 0.368 e. The Balaban J connectivity index is 1.34. The molecule has 4 rings (SSSR count). The molecule has 30 heavy (non-hydrogen) atoms. The minimum Gasteiger partial charge on any atom is -0.368 e. The third kappa shape index (κ3) is 4.03. The van der Waals surface area contributed by atoms with Crippen molar-refractivity contribution in [2.24, 2.45) is 11.8 Å². The molecule has 4 amide bonds. The highest BCUT2D eigenvalue weighted by molar-refractivity contribution is 6.30. The van der Waals surface area contributed by atoms with Gasteiger partial charge >= 0.3 is 6.03 Å². The highest BCUT2D eigenvalue weighted by Crippen LogP contribution is 2.34. The second-order valence-corrected chi connectivity index (χ2v) is 8.64. The molecule has 0 bridgehead atoms. The first kappa shape index (κ1) is 20.7. The minimum atomic E-state index is -0.385. The van der Waals surface area contributed by atoms with Crippen LogP contribution in [0.4, 0.5) is 10.5 Å². The van der Waals surface area contributed by atoms with Crippen LogP contribution in [-0.2, 0) is 9.59 Å². The number of nitrogens with one attached hydrogen (secondary N) is 1. The van der Waals surface area contributed by atoms with E-state index in [2.05, 4.69) is 16.8 Å². The van der Waals surface area contributed by atoms with Crippen molar-refractivity contribution in [3.8, 4) is 0 Å². The molecule has 2 aliphatic heterocycles. The van der Waals surface area contributed by atoms with Gasteiger partial charge in [0.05, 0.1) is 5.92 Å². The van der Waals surface area contributed by atoms with E-state index in [9.17, 15) is 14.4 Å². The van der Waals surface area contributed by atoms with Crippen molar-refractivity contribution in [3.63, 3.8) is 0 Å². The quantitative estimate of drug-likeness (QED) is 0.745. The maximum Gasteiger partial charge on any atom is 0.324 e. The zero-order valence-electron chi connectivity index (χ0n) is 16.9. The Labute approximate surface area is 181 Å². The third-order valence-corrected chi connectivity index (χ3v) is 6.65. The van der Waals surface area contributed by atoms with Gasteiger partial charge in [-0.3, -0.25) is 14.5 Å². The van der Waals surface area contributed by atoms with Crippen LogP contribution < -0.4 is 10.2 Å². The van der Waals surface area contributed by atoms with Crippen LogP contribution in [-0.4, -0.2) is 66.4 Å². The van der Waals surface area contributed by atoms with Crippen LogP contribution in [0.3, 0.4) is 0 Å². The lowest BCUT2D eigenvalue weighted by atomic mass is 9.76. The lowest BCUT2D eigenvalue weighted by Gasteiger charge is -2.43. The second kappa shape index (κ2) is 8.68. The number of halogens is 1. The third-order valence-electron chi connectivity index (χ3n) is 6.41. The normalized spacial score (nSPS) is 26.8. The summed E-state index contributed by atoms with van der Waals surface area (Å²) in [4.78, 5) is 43.4. The molecule has 1 N–H and O–H groups in total. The Morgan fingerprint density at radius 1 is 1.20 bits per heavy atom. The van der Waals surface area contributed by atoms with Crippen molar-refractivity contribution in [1.29, 1.82) is 0 Å². The van der Waals surface area contributed by atoms with Crippen molar-refractivity contribution in [3.05, 3.63) is 41.9 Å². The first-order chi connectivity index (χ1) is 14.5. The second-order valence-electron chi connectivity index (χ2n) is 8.20. The zero-order chi connectivity index (χ0) is 21.3. The maximum absolute atomic E-state index is 13.1. The first-order valence-corrected chi connectivity index (χ1v) is 10.9. The predicted molar refractivity (Wildman–Crippen MR) is 115 cm³/mol. The minimum absolute atomic E-state index is 0.134. The van der Waals surface area contributed by atoms with Gasteiger partial charge in [0.25, 0.3) is 0 Å². The van der Waals surface area contributed by atoms with Crippen molar-refractivity contribution >= 4 is 35.1 Å². The highest BCUT2D eigenvalue weighted by atomic mass is 35.5. The van der Waals surface area contributed by atoms with Crippen LogP contribution >= 0.6 is 11.6 Å². The zero-order valence-corrected chi connectivity index (χ0v) is 17.7. The number of urea groups is 1. The van der Waals surface area contributed by atoms with E-state index in [1.807, 2.05) is 29.2 Å². The summed E-state index contributed by atoms with van der Waals surface area (Å²) in [5.41, 5.74) is 1.07. The number of carbonyl (C=O) groups excluding carboxylic acids is 3. The van der Waals surface area contributed by atoms with Crippen LogP contribution in [0.15, 0.2) is 36.9 Å². The number of anilines is 1. The number of nitrogens with zero attached hydrogens (tertiary/aromatic N) is 3. The van der Waals surface area contributed by atoms with Crippen molar-refractivity contribution in [2.75, 3.05) is 37.6 Å². The summed E-state index contributed by atoms with van der Waals surface area (Å²) in [7, 11) is 0. The van der Waals surface area contributed by atoms with E-state index < -0.39 is 0 Å². The Bertz CT molecular complexity index is 853. The fourth-order valence-corrected chi connectivity index (χ4v) is 4.99. The molecule has 3 unspecified atom stereocenters. The number of hydrogen-bond donors (Lipinski definition) is 1. The molecular weight excluding hydrogens is 404 g/mol. The van der Waals surface area contributed by atoms with E-state index >= 15 is 0 Å². The van der Waals surface area contributed by atoms with E-state index in [1.165, 1.54) is 4.90 Å². The van der Waals surface area contributed by atoms with Crippen molar-refractivity contribution in [1.82, 2.24) is 15.1 Å². The maximum atomic E-state index is 13.1. The van der Waals surface area contributed by atoms with Crippen molar-refractivity contribution in [2.45, 2.75) is 25.3 Å². The van der Waals surface area contributed by atoms with E-state index in [4.69, 9.17) is 11.6 Å².